The number of ether oxygens (including phenoxy) is 2. The summed E-state index contributed by atoms with van der Waals surface area (Å²) in [5, 5.41) is 6.20. The van der Waals surface area contributed by atoms with Crippen molar-refractivity contribution in [3.63, 3.8) is 0 Å². The number of guanidine groups is 1. The molecule has 1 heterocycles. The van der Waals surface area contributed by atoms with Crippen LogP contribution < -0.4 is 10.6 Å². The van der Waals surface area contributed by atoms with Crippen LogP contribution in [-0.2, 0) is 14.3 Å². The van der Waals surface area contributed by atoms with Crippen molar-refractivity contribution in [3.8, 4) is 0 Å². The largest absolute Gasteiger partial charge is 0.382 e. The summed E-state index contributed by atoms with van der Waals surface area (Å²) < 4.78 is 10.6. The predicted octanol–water partition coefficient (Wildman–Crippen LogP) is 1.47. The van der Waals surface area contributed by atoms with Gasteiger partial charge in [0.15, 0.2) is 5.96 Å². The molecule has 1 rings (SSSR count). The van der Waals surface area contributed by atoms with E-state index in [1.165, 1.54) is 0 Å². The maximum Gasteiger partial charge on any atom is 0.221 e. The van der Waals surface area contributed by atoms with Gasteiger partial charge in [-0.3, -0.25) is 9.79 Å². The molecule has 1 atom stereocenters. The number of hydrogen-bond acceptors (Lipinski definition) is 4. The first-order valence-corrected chi connectivity index (χ1v) is 9.07. The van der Waals surface area contributed by atoms with Gasteiger partial charge in [0, 0.05) is 45.6 Å². The molecular weight excluding hydrogens is 435 g/mol. The van der Waals surface area contributed by atoms with Gasteiger partial charge in [-0.1, -0.05) is 6.92 Å². The van der Waals surface area contributed by atoms with E-state index in [0.717, 1.165) is 51.6 Å². The lowest BCUT2D eigenvalue weighted by molar-refractivity contribution is -0.120. The van der Waals surface area contributed by atoms with E-state index in [-0.39, 0.29) is 29.9 Å². The molecule has 148 valence electrons. The Kier molecular flexibility index (Phi) is 15.2. The van der Waals surface area contributed by atoms with E-state index in [1.807, 2.05) is 6.92 Å². The Morgan fingerprint density at radius 2 is 2.08 bits per heavy atom. The molecule has 0 radical (unpaired) electrons. The molecule has 0 aromatic carbocycles. The summed E-state index contributed by atoms with van der Waals surface area (Å²) >= 11 is 0. The molecule has 0 aromatic rings. The minimum absolute atomic E-state index is 0. The number of halogens is 1. The quantitative estimate of drug-likeness (QED) is 0.207. The molecule has 0 bridgehead atoms. The Bertz CT molecular complexity index is 383. The van der Waals surface area contributed by atoms with Gasteiger partial charge in [-0.05, 0) is 19.8 Å². The van der Waals surface area contributed by atoms with Crippen LogP contribution in [0.4, 0.5) is 0 Å². The number of amides is 1. The molecule has 1 aliphatic heterocycles. The Balaban J connectivity index is 0.00000576. The third-order valence-corrected chi connectivity index (χ3v) is 3.88. The summed E-state index contributed by atoms with van der Waals surface area (Å²) in [7, 11) is 1.68. The highest BCUT2D eigenvalue weighted by Gasteiger charge is 2.24. The van der Waals surface area contributed by atoms with Gasteiger partial charge in [0.1, 0.15) is 0 Å². The van der Waals surface area contributed by atoms with Gasteiger partial charge in [0.2, 0.25) is 5.91 Å². The number of hydrogen-bond donors (Lipinski definition) is 2. The molecule has 0 aliphatic carbocycles. The van der Waals surface area contributed by atoms with E-state index < -0.39 is 0 Å². The molecular formula is C17H35IN4O3. The average Bonchev–Trinajstić information content (AvgIpc) is 3.05. The van der Waals surface area contributed by atoms with E-state index in [1.54, 1.807) is 7.11 Å². The summed E-state index contributed by atoms with van der Waals surface area (Å²) in [5.41, 5.74) is 0. The first kappa shape index (κ1) is 24.4. The molecule has 1 unspecified atom stereocenters. The van der Waals surface area contributed by atoms with Crippen LogP contribution in [-0.4, -0.2) is 76.4 Å². The van der Waals surface area contributed by atoms with Gasteiger partial charge in [-0.25, -0.2) is 0 Å². The van der Waals surface area contributed by atoms with Crippen molar-refractivity contribution in [3.05, 3.63) is 0 Å². The average molecular weight is 470 g/mol. The second kappa shape index (κ2) is 15.6. The molecule has 7 nitrogen and oxygen atoms in total. The fraction of sp³-hybridized carbons (Fsp3) is 0.882. The summed E-state index contributed by atoms with van der Waals surface area (Å²) in [5.74, 6) is 1.50. The number of nitrogens with zero attached hydrogens (tertiary/aromatic N) is 2. The molecule has 2 N–H and O–H groups in total. The lowest BCUT2D eigenvalue weighted by Gasteiger charge is -2.21. The normalized spacial score (nSPS) is 17.3. The van der Waals surface area contributed by atoms with Crippen LogP contribution in [0.2, 0.25) is 0 Å². The highest BCUT2D eigenvalue weighted by molar-refractivity contribution is 14.0. The maximum absolute atomic E-state index is 11.6. The Morgan fingerprint density at radius 3 is 2.76 bits per heavy atom. The van der Waals surface area contributed by atoms with Crippen LogP contribution in [0.15, 0.2) is 4.99 Å². The summed E-state index contributed by atoms with van der Waals surface area (Å²) in [6.07, 6.45) is 2.50. The monoisotopic (exact) mass is 470 g/mol. The number of likely N-dealkylation sites (tertiary alicyclic amines) is 1. The molecule has 1 amide bonds. The van der Waals surface area contributed by atoms with Crippen molar-refractivity contribution in [2.45, 2.75) is 33.1 Å². The minimum atomic E-state index is 0. The number of carbonyl (C=O) groups is 1. The molecule has 0 aromatic heterocycles. The highest BCUT2D eigenvalue weighted by Crippen LogP contribution is 2.16. The maximum atomic E-state index is 11.6. The second-order valence-corrected chi connectivity index (χ2v) is 6.00. The van der Waals surface area contributed by atoms with E-state index in [0.29, 0.717) is 32.1 Å². The van der Waals surface area contributed by atoms with Gasteiger partial charge in [-0.2, -0.15) is 0 Å². The zero-order valence-electron chi connectivity index (χ0n) is 15.9. The van der Waals surface area contributed by atoms with Gasteiger partial charge in [-0.15, -0.1) is 24.0 Å². The first-order chi connectivity index (χ1) is 11.7. The van der Waals surface area contributed by atoms with E-state index in [9.17, 15) is 4.79 Å². The second-order valence-electron chi connectivity index (χ2n) is 6.00. The predicted molar refractivity (Wildman–Crippen MR) is 112 cm³/mol. The summed E-state index contributed by atoms with van der Waals surface area (Å²) in [6.45, 7) is 10.2. The van der Waals surface area contributed by atoms with E-state index >= 15 is 0 Å². The van der Waals surface area contributed by atoms with Crippen LogP contribution in [0.5, 0.6) is 0 Å². The third kappa shape index (κ3) is 10.9. The first-order valence-electron chi connectivity index (χ1n) is 9.07. The SMILES string of the molecule is CCCNC(=O)CCN=C(NCC)N1CCC(COCCOC)C1.I. The van der Waals surface area contributed by atoms with Crippen LogP contribution in [0.25, 0.3) is 0 Å². The Labute approximate surface area is 169 Å². The topological polar surface area (TPSA) is 75.2 Å². The van der Waals surface area contributed by atoms with Crippen molar-refractivity contribution < 1.29 is 14.3 Å². The number of carbonyl (C=O) groups excluding carboxylic acids is 1. The molecule has 0 spiro atoms. The zero-order valence-corrected chi connectivity index (χ0v) is 18.2. The molecule has 1 aliphatic rings. The fourth-order valence-electron chi connectivity index (χ4n) is 2.60. The van der Waals surface area contributed by atoms with Crippen molar-refractivity contribution >= 4 is 35.8 Å². The molecule has 0 saturated carbocycles. The number of methoxy groups -OCH3 is 1. The summed E-state index contributed by atoms with van der Waals surface area (Å²) in [6, 6.07) is 0. The Hall–Kier alpha value is -0.610. The number of rotatable bonds is 11. The molecule has 25 heavy (non-hydrogen) atoms. The van der Waals surface area contributed by atoms with Crippen molar-refractivity contribution in [1.82, 2.24) is 15.5 Å². The molecule has 1 saturated heterocycles. The van der Waals surface area contributed by atoms with Crippen LogP contribution in [0, 0.1) is 5.92 Å². The fourth-order valence-corrected chi connectivity index (χ4v) is 2.60. The van der Waals surface area contributed by atoms with Gasteiger partial charge in [0.05, 0.1) is 26.4 Å². The number of nitrogens with one attached hydrogen (secondary N) is 2. The Morgan fingerprint density at radius 1 is 1.28 bits per heavy atom. The van der Waals surface area contributed by atoms with Gasteiger partial charge < -0.3 is 25.0 Å². The van der Waals surface area contributed by atoms with Crippen LogP contribution >= 0.6 is 24.0 Å². The standard InChI is InChI=1S/C17H34N4O3.HI/c1-4-8-19-16(22)6-9-20-17(18-5-2)21-10-7-15(13-21)14-24-12-11-23-3;/h15H,4-14H2,1-3H3,(H,18,20)(H,19,22);1H. The van der Waals surface area contributed by atoms with E-state index in [4.69, 9.17) is 9.47 Å². The third-order valence-electron chi connectivity index (χ3n) is 3.88. The lowest BCUT2D eigenvalue weighted by Crippen LogP contribution is -2.40. The van der Waals surface area contributed by atoms with Gasteiger partial charge >= 0.3 is 0 Å². The zero-order chi connectivity index (χ0) is 17.6. The minimum Gasteiger partial charge on any atom is -0.382 e. The molecule has 1 fully saturated rings. The van der Waals surface area contributed by atoms with E-state index in [2.05, 4.69) is 27.4 Å². The van der Waals surface area contributed by atoms with Crippen molar-refractivity contribution in [2.75, 3.05) is 59.7 Å². The van der Waals surface area contributed by atoms with Crippen LogP contribution in [0.1, 0.15) is 33.1 Å². The number of aliphatic imine (C=N–C) groups is 1. The van der Waals surface area contributed by atoms with Crippen molar-refractivity contribution in [1.29, 1.82) is 0 Å². The summed E-state index contributed by atoms with van der Waals surface area (Å²) in [4.78, 5) is 18.5. The lowest BCUT2D eigenvalue weighted by atomic mass is 10.1. The van der Waals surface area contributed by atoms with Crippen LogP contribution in [0.3, 0.4) is 0 Å². The van der Waals surface area contributed by atoms with Gasteiger partial charge in [0.25, 0.3) is 0 Å². The molecule has 8 heteroatoms. The van der Waals surface area contributed by atoms with Crippen molar-refractivity contribution in [2.24, 2.45) is 10.9 Å². The highest BCUT2D eigenvalue weighted by atomic mass is 127. The smallest absolute Gasteiger partial charge is 0.221 e.